The van der Waals surface area contributed by atoms with E-state index >= 15 is 0 Å². The van der Waals surface area contributed by atoms with Crippen LogP contribution in [0.4, 0.5) is 0 Å². The summed E-state index contributed by atoms with van der Waals surface area (Å²) in [7, 11) is 1.86. The first-order valence-electron chi connectivity index (χ1n) is 7.97. The van der Waals surface area contributed by atoms with Crippen LogP contribution in [0.25, 0.3) is 0 Å². The van der Waals surface area contributed by atoms with E-state index in [9.17, 15) is 4.79 Å². The molecule has 0 spiro atoms. The Morgan fingerprint density at radius 2 is 2.10 bits per heavy atom. The molecule has 21 heavy (non-hydrogen) atoms. The van der Waals surface area contributed by atoms with Crippen LogP contribution in [0.3, 0.4) is 0 Å². The van der Waals surface area contributed by atoms with E-state index in [2.05, 4.69) is 5.16 Å². The summed E-state index contributed by atoms with van der Waals surface area (Å²) in [6, 6.07) is 2.20. The third-order valence-electron chi connectivity index (χ3n) is 5.21. The predicted octanol–water partition coefficient (Wildman–Crippen LogP) is 2.10. The number of aryl methyl sites for hydroxylation is 1. The Morgan fingerprint density at radius 1 is 1.43 bits per heavy atom. The smallest absolute Gasteiger partial charge is 0.225 e. The highest BCUT2D eigenvalue weighted by molar-refractivity contribution is 5.78. The second-order valence-corrected chi connectivity index (χ2v) is 6.82. The molecule has 116 valence electrons. The Morgan fingerprint density at radius 3 is 2.67 bits per heavy atom. The number of fused-ring (bicyclic) bond motifs is 2. The molecule has 2 N–H and O–H groups in total. The van der Waals surface area contributed by atoms with Gasteiger partial charge in [-0.2, -0.15) is 0 Å². The van der Waals surface area contributed by atoms with Gasteiger partial charge in [-0.15, -0.1) is 0 Å². The van der Waals surface area contributed by atoms with Crippen LogP contribution in [-0.2, 0) is 11.3 Å². The molecule has 1 aromatic rings. The molecule has 3 rings (SSSR count). The van der Waals surface area contributed by atoms with Crippen LogP contribution < -0.4 is 5.73 Å². The second-order valence-electron chi connectivity index (χ2n) is 6.82. The normalized spacial score (nSPS) is 32.0. The van der Waals surface area contributed by atoms with Gasteiger partial charge in [-0.25, -0.2) is 0 Å². The van der Waals surface area contributed by atoms with Crippen LogP contribution in [0.5, 0.6) is 0 Å². The van der Waals surface area contributed by atoms with Gasteiger partial charge in [0.05, 0.1) is 6.54 Å². The number of aromatic nitrogens is 1. The maximum absolute atomic E-state index is 12.7. The first kappa shape index (κ1) is 14.6. The van der Waals surface area contributed by atoms with E-state index in [1.807, 2.05) is 20.0 Å². The lowest BCUT2D eigenvalue weighted by Gasteiger charge is -2.44. The van der Waals surface area contributed by atoms with Crippen LogP contribution in [-0.4, -0.2) is 29.1 Å². The number of carbonyl (C=O) groups excluding carboxylic acids is 1. The summed E-state index contributed by atoms with van der Waals surface area (Å²) in [5.41, 5.74) is 7.12. The minimum atomic E-state index is 0.137. The molecule has 0 saturated heterocycles. The van der Waals surface area contributed by atoms with E-state index in [0.29, 0.717) is 24.4 Å². The van der Waals surface area contributed by atoms with Gasteiger partial charge in [0, 0.05) is 25.1 Å². The van der Waals surface area contributed by atoms with E-state index in [1.54, 1.807) is 4.90 Å². The van der Waals surface area contributed by atoms with Crippen molar-refractivity contribution in [2.75, 3.05) is 7.05 Å². The van der Waals surface area contributed by atoms with Crippen molar-refractivity contribution in [2.45, 2.75) is 51.6 Å². The molecule has 0 radical (unpaired) electrons. The molecule has 2 bridgehead atoms. The number of nitrogens with zero attached hydrogens (tertiary/aromatic N) is 2. The molecule has 2 aliphatic rings. The summed E-state index contributed by atoms with van der Waals surface area (Å²) >= 11 is 0. The SMILES string of the molecule is Cc1cc(CN(C)C(=O)C2CC3CCCC(C2)C3N)no1. The summed E-state index contributed by atoms with van der Waals surface area (Å²) in [6.45, 7) is 2.39. The van der Waals surface area contributed by atoms with Crippen molar-refractivity contribution < 1.29 is 9.32 Å². The fourth-order valence-corrected chi connectivity index (χ4v) is 4.12. The lowest BCUT2D eigenvalue weighted by Crippen LogP contribution is -2.49. The summed E-state index contributed by atoms with van der Waals surface area (Å²) in [5.74, 6) is 2.23. The van der Waals surface area contributed by atoms with Gasteiger partial charge in [0.1, 0.15) is 11.5 Å². The third-order valence-corrected chi connectivity index (χ3v) is 5.21. The Labute approximate surface area is 125 Å². The van der Waals surface area contributed by atoms with E-state index < -0.39 is 0 Å². The molecule has 1 amide bonds. The van der Waals surface area contributed by atoms with Crippen LogP contribution in [0, 0.1) is 24.7 Å². The minimum absolute atomic E-state index is 0.137. The summed E-state index contributed by atoms with van der Waals surface area (Å²) in [6.07, 6.45) is 5.57. The summed E-state index contributed by atoms with van der Waals surface area (Å²) < 4.78 is 5.06. The quantitative estimate of drug-likeness (QED) is 0.925. The topological polar surface area (TPSA) is 72.4 Å². The number of amides is 1. The predicted molar refractivity (Wildman–Crippen MR) is 79.2 cm³/mol. The molecule has 1 heterocycles. The van der Waals surface area contributed by atoms with Gasteiger partial charge in [-0.05, 0) is 44.4 Å². The molecule has 0 aliphatic heterocycles. The largest absolute Gasteiger partial charge is 0.361 e. The highest BCUT2D eigenvalue weighted by Crippen LogP contribution is 2.42. The number of hydrogen-bond donors (Lipinski definition) is 1. The molecule has 1 aromatic heterocycles. The van der Waals surface area contributed by atoms with Gasteiger partial charge in [0.2, 0.25) is 5.91 Å². The maximum atomic E-state index is 12.7. The summed E-state index contributed by atoms with van der Waals surface area (Å²) in [5, 5.41) is 3.96. The van der Waals surface area contributed by atoms with Crippen molar-refractivity contribution in [1.29, 1.82) is 0 Å². The van der Waals surface area contributed by atoms with E-state index in [0.717, 1.165) is 24.3 Å². The zero-order chi connectivity index (χ0) is 15.0. The Kier molecular flexibility index (Phi) is 4.02. The Balaban J connectivity index is 1.62. The van der Waals surface area contributed by atoms with Crippen molar-refractivity contribution in [3.05, 3.63) is 17.5 Å². The van der Waals surface area contributed by atoms with Crippen molar-refractivity contribution in [1.82, 2.24) is 10.1 Å². The average Bonchev–Trinajstić information content (AvgIpc) is 2.83. The molecule has 5 heteroatoms. The molecule has 2 fully saturated rings. The minimum Gasteiger partial charge on any atom is -0.361 e. The second kappa shape index (κ2) is 5.79. The molecule has 2 saturated carbocycles. The van der Waals surface area contributed by atoms with Gasteiger partial charge in [0.25, 0.3) is 0 Å². The average molecular weight is 291 g/mol. The number of rotatable bonds is 3. The number of nitrogens with two attached hydrogens (primary N) is 1. The highest BCUT2D eigenvalue weighted by Gasteiger charge is 2.41. The van der Waals surface area contributed by atoms with Crippen LogP contribution in [0.15, 0.2) is 10.6 Å². The fraction of sp³-hybridized carbons (Fsp3) is 0.750. The van der Waals surface area contributed by atoms with E-state index in [1.165, 1.54) is 19.3 Å². The van der Waals surface area contributed by atoms with Gasteiger partial charge in [-0.3, -0.25) is 4.79 Å². The first-order valence-corrected chi connectivity index (χ1v) is 7.97. The van der Waals surface area contributed by atoms with E-state index in [-0.39, 0.29) is 11.8 Å². The van der Waals surface area contributed by atoms with E-state index in [4.69, 9.17) is 10.3 Å². The van der Waals surface area contributed by atoms with Crippen molar-refractivity contribution in [2.24, 2.45) is 23.5 Å². The zero-order valence-corrected chi connectivity index (χ0v) is 12.9. The Bertz CT molecular complexity index is 499. The van der Waals surface area contributed by atoms with Crippen LogP contribution >= 0.6 is 0 Å². The maximum Gasteiger partial charge on any atom is 0.225 e. The number of hydrogen-bond acceptors (Lipinski definition) is 4. The zero-order valence-electron chi connectivity index (χ0n) is 12.9. The molecule has 2 atom stereocenters. The standard InChI is InChI=1S/C16H25N3O2/c1-10-6-14(18-21-10)9-19(2)16(20)13-7-11-4-3-5-12(8-13)15(11)17/h6,11-13,15H,3-5,7-9,17H2,1-2H3. The molecule has 2 aliphatic carbocycles. The van der Waals surface area contributed by atoms with Gasteiger partial charge in [0.15, 0.2) is 0 Å². The molecule has 0 aromatic carbocycles. The highest BCUT2D eigenvalue weighted by atomic mass is 16.5. The molecule has 2 unspecified atom stereocenters. The lowest BCUT2D eigenvalue weighted by atomic mass is 9.65. The molecular weight excluding hydrogens is 266 g/mol. The lowest BCUT2D eigenvalue weighted by molar-refractivity contribution is -0.137. The van der Waals surface area contributed by atoms with Gasteiger partial charge in [-0.1, -0.05) is 11.6 Å². The molecular formula is C16H25N3O2. The van der Waals surface area contributed by atoms with Crippen molar-refractivity contribution >= 4 is 5.91 Å². The Hall–Kier alpha value is -1.36. The van der Waals surface area contributed by atoms with Gasteiger partial charge >= 0.3 is 0 Å². The monoisotopic (exact) mass is 291 g/mol. The first-order chi connectivity index (χ1) is 10.0. The fourth-order valence-electron chi connectivity index (χ4n) is 4.12. The van der Waals surface area contributed by atoms with Gasteiger partial charge < -0.3 is 15.2 Å². The van der Waals surface area contributed by atoms with Crippen LogP contribution in [0.2, 0.25) is 0 Å². The van der Waals surface area contributed by atoms with Crippen molar-refractivity contribution in [3.63, 3.8) is 0 Å². The van der Waals surface area contributed by atoms with Crippen LogP contribution in [0.1, 0.15) is 43.6 Å². The summed E-state index contributed by atoms with van der Waals surface area (Å²) in [4.78, 5) is 14.5. The molecule has 5 nitrogen and oxygen atoms in total. The van der Waals surface area contributed by atoms with Crippen molar-refractivity contribution in [3.8, 4) is 0 Å². The number of carbonyl (C=O) groups is 1. The third kappa shape index (κ3) is 2.98.